The van der Waals surface area contributed by atoms with Crippen molar-refractivity contribution in [1.29, 1.82) is 0 Å². The van der Waals surface area contributed by atoms with Gasteiger partial charge in [-0.25, -0.2) is 4.99 Å². The van der Waals surface area contributed by atoms with E-state index in [-0.39, 0.29) is 5.91 Å². The first-order chi connectivity index (χ1) is 9.15. The average molecular weight is 380 g/mol. The molecule has 1 aliphatic heterocycles. The molecule has 0 atom stereocenters. The van der Waals surface area contributed by atoms with Crippen LogP contribution in [0.25, 0.3) is 0 Å². The largest absolute Gasteiger partial charge is 0.320 e. The molecule has 0 fully saturated rings. The van der Waals surface area contributed by atoms with E-state index in [0.29, 0.717) is 5.71 Å². The van der Waals surface area contributed by atoms with Gasteiger partial charge < -0.3 is 5.32 Å². The number of nitrogens with one attached hydrogen (secondary N) is 1. The molecular formula is C14H8Br2N2O. The molecule has 0 aliphatic carbocycles. The first-order valence-electron chi connectivity index (χ1n) is 5.59. The summed E-state index contributed by atoms with van der Waals surface area (Å²) in [5.74, 6) is -0.170. The van der Waals surface area contributed by atoms with Crippen LogP contribution in [0.5, 0.6) is 0 Å². The Kier molecular flexibility index (Phi) is 3.24. The Bertz CT molecular complexity index is 710. The van der Waals surface area contributed by atoms with E-state index in [1.807, 2.05) is 42.5 Å². The van der Waals surface area contributed by atoms with Gasteiger partial charge in [0.1, 0.15) is 5.71 Å². The van der Waals surface area contributed by atoms with Crippen molar-refractivity contribution in [1.82, 2.24) is 0 Å². The van der Waals surface area contributed by atoms with E-state index in [1.165, 1.54) is 0 Å². The molecule has 2 aromatic rings. The Hall–Kier alpha value is -1.46. The van der Waals surface area contributed by atoms with Gasteiger partial charge in [0.25, 0.3) is 5.91 Å². The highest BCUT2D eigenvalue weighted by molar-refractivity contribution is 9.11. The van der Waals surface area contributed by atoms with Crippen molar-refractivity contribution in [2.75, 3.05) is 5.32 Å². The molecule has 19 heavy (non-hydrogen) atoms. The molecule has 3 nitrogen and oxygen atoms in total. The van der Waals surface area contributed by atoms with Gasteiger partial charge >= 0.3 is 0 Å². The molecule has 0 saturated carbocycles. The van der Waals surface area contributed by atoms with Gasteiger partial charge in [-0.1, -0.05) is 34.1 Å². The van der Waals surface area contributed by atoms with Crippen LogP contribution in [0.1, 0.15) is 5.56 Å². The van der Waals surface area contributed by atoms with E-state index in [2.05, 4.69) is 42.2 Å². The van der Waals surface area contributed by atoms with Crippen LogP contribution < -0.4 is 5.32 Å². The Balaban J connectivity index is 2.11. The zero-order valence-electron chi connectivity index (χ0n) is 9.65. The second-order valence-electron chi connectivity index (χ2n) is 4.06. The number of halogens is 2. The lowest BCUT2D eigenvalue weighted by atomic mass is 10.1. The van der Waals surface area contributed by atoms with Crippen LogP contribution in [0, 0.1) is 0 Å². The molecule has 0 unspecified atom stereocenters. The maximum absolute atomic E-state index is 11.9. The van der Waals surface area contributed by atoms with Gasteiger partial charge in [-0.3, -0.25) is 4.79 Å². The highest BCUT2D eigenvalue weighted by atomic mass is 79.9. The summed E-state index contributed by atoms with van der Waals surface area (Å²) in [5, 5.41) is 2.80. The lowest BCUT2D eigenvalue weighted by Gasteiger charge is -2.01. The number of benzene rings is 2. The van der Waals surface area contributed by atoms with Crippen LogP contribution in [0.4, 0.5) is 11.4 Å². The molecule has 5 heteroatoms. The Morgan fingerprint density at radius 2 is 1.84 bits per heavy atom. The summed E-state index contributed by atoms with van der Waals surface area (Å²) in [7, 11) is 0. The van der Waals surface area contributed by atoms with Crippen LogP contribution in [0.2, 0.25) is 0 Å². The van der Waals surface area contributed by atoms with Crippen LogP contribution >= 0.6 is 31.9 Å². The summed E-state index contributed by atoms with van der Waals surface area (Å²) in [5.41, 5.74) is 2.81. The standard InChI is InChI=1S/C14H8Br2N2O/c15-8-5-6-12(10(16)7-8)17-13-9-3-1-2-4-11(9)18-14(13)19/h1-7H,(H,17,18,19). The molecular weight excluding hydrogens is 372 g/mol. The van der Waals surface area contributed by atoms with E-state index < -0.39 is 0 Å². The normalized spacial score (nSPS) is 15.5. The van der Waals surface area contributed by atoms with Crippen molar-refractivity contribution in [2.45, 2.75) is 0 Å². The second kappa shape index (κ2) is 4.90. The number of anilines is 1. The quantitative estimate of drug-likeness (QED) is 0.789. The van der Waals surface area contributed by atoms with Crippen LogP contribution in [-0.4, -0.2) is 11.6 Å². The minimum atomic E-state index is -0.170. The number of hydrogen-bond acceptors (Lipinski definition) is 2. The van der Waals surface area contributed by atoms with Crippen molar-refractivity contribution in [3.05, 3.63) is 57.0 Å². The van der Waals surface area contributed by atoms with Crippen molar-refractivity contribution in [3.63, 3.8) is 0 Å². The first-order valence-corrected chi connectivity index (χ1v) is 7.18. The molecule has 0 bridgehead atoms. The first kappa shape index (κ1) is 12.6. The summed E-state index contributed by atoms with van der Waals surface area (Å²) in [4.78, 5) is 16.4. The molecule has 1 heterocycles. The number of aliphatic imine (C=N–C) groups is 1. The van der Waals surface area contributed by atoms with E-state index >= 15 is 0 Å². The summed E-state index contributed by atoms with van der Waals surface area (Å²) < 4.78 is 1.80. The minimum absolute atomic E-state index is 0.170. The summed E-state index contributed by atoms with van der Waals surface area (Å²) in [6.07, 6.45) is 0. The highest BCUT2D eigenvalue weighted by Gasteiger charge is 2.25. The number of para-hydroxylation sites is 1. The number of carbonyl (C=O) groups is 1. The number of nitrogens with zero attached hydrogens (tertiary/aromatic N) is 1. The van der Waals surface area contributed by atoms with Gasteiger partial charge in [0, 0.05) is 14.5 Å². The van der Waals surface area contributed by atoms with Crippen molar-refractivity contribution in [2.24, 2.45) is 4.99 Å². The fourth-order valence-corrected chi connectivity index (χ4v) is 3.04. The van der Waals surface area contributed by atoms with E-state index in [0.717, 1.165) is 25.9 Å². The van der Waals surface area contributed by atoms with Crippen molar-refractivity contribution in [3.8, 4) is 0 Å². The van der Waals surface area contributed by atoms with Crippen LogP contribution in [0.15, 0.2) is 56.4 Å². The van der Waals surface area contributed by atoms with Crippen LogP contribution in [0.3, 0.4) is 0 Å². The molecule has 94 valence electrons. The Labute approximate surface area is 127 Å². The zero-order valence-corrected chi connectivity index (χ0v) is 12.8. The minimum Gasteiger partial charge on any atom is -0.320 e. The number of rotatable bonds is 1. The smallest absolute Gasteiger partial charge is 0.275 e. The molecule has 1 amide bonds. The number of amides is 1. The predicted octanol–water partition coefficient (Wildman–Crippen LogP) is 4.28. The van der Waals surface area contributed by atoms with Gasteiger partial charge in [-0.2, -0.15) is 0 Å². The predicted molar refractivity (Wildman–Crippen MR) is 83.1 cm³/mol. The molecule has 1 N–H and O–H groups in total. The van der Waals surface area contributed by atoms with Crippen molar-refractivity contribution >= 4 is 54.9 Å². The Morgan fingerprint density at radius 1 is 1.05 bits per heavy atom. The van der Waals surface area contributed by atoms with Gasteiger partial charge in [0.2, 0.25) is 0 Å². The number of fused-ring (bicyclic) bond motifs is 1. The van der Waals surface area contributed by atoms with Gasteiger partial charge in [0.15, 0.2) is 0 Å². The van der Waals surface area contributed by atoms with E-state index in [1.54, 1.807) is 0 Å². The third-order valence-electron chi connectivity index (χ3n) is 2.79. The van der Waals surface area contributed by atoms with Gasteiger partial charge in [-0.05, 0) is 40.2 Å². The number of hydrogen-bond donors (Lipinski definition) is 1. The lowest BCUT2D eigenvalue weighted by molar-refractivity contribution is -0.110. The zero-order chi connectivity index (χ0) is 13.4. The Morgan fingerprint density at radius 3 is 2.63 bits per heavy atom. The van der Waals surface area contributed by atoms with Gasteiger partial charge in [0.05, 0.1) is 11.4 Å². The molecule has 0 saturated heterocycles. The molecule has 3 rings (SSSR count). The van der Waals surface area contributed by atoms with Crippen LogP contribution in [-0.2, 0) is 4.79 Å². The molecule has 0 spiro atoms. The van der Waals surface area contributed by atoms with Crippen molar-refractivity contribution < 1.29 is 4.79 Å². The summed E-state index contributed by atoms with van der Waals surface area (Å²) >= 11 is 6.83. The average Bonchev–Trinajstić information content (AvgIpc) is 2.69. The van der Waals surface area contributed by atoms with E-state index in [4.69, 9.17) is 0 Å². The maximum atomic E-state index is 11.9. The maximum Gasteiger partial charge on any atom is 0.275 e. The monoisotopic (exact) mass is 378 g/mol. The SMILES string of the molecule is O=C1Nc2ccccc2C1=Nc1ccc(Br)cc1Br. The highest BCUT2D eigenvalue weighted by Crippen LogP contribution is 2.31. The number of carbonyl (C=O) groups excluding carboxylic acids is 1. The fraction of sp³-hybridized carbons (Fsp3) is 0. The molecule has 2 aromatic carbocycles. The topological polar surface area (TPSA) is 41.5 Å². The summed E-state index contributed by atoms with van der Waals surface area (Å²) in [6.45, 7) is 0. The third kappa shape index (κ3) is 2.35. The lowest BCUT2D eigenvalue weighted by Crippen LogP contribution is -2.13. The van der Waals surface area contributed by atoms with Gasteiger partial charge in [-0.15, -0.1) is 0 Å². The van der Waals surface area contributed by atoms with E-state index in [9.17, 15) is 4.79 Å². The molecule has 0 radical (unpaired) electrons. The summed E-state index contributed by atoms with van der Waals surface area (Å²) in [6, 6.07) is 13.2. The fourth-order valence-electron chi connectivity index (χ4n) is 1.91. The second-order valence-corrected chi connectivity index (χ2v) is 5.83. The molecule has 0 aromatic heterocycles. The third-order valence-corrected chi connectivity index (χ3v) is 3.92. The molecule has 1 aliphatic rings.